The second-order valence-electron chi connectivity index (χ2n) is 4.42. The maximum Gasteiger partial charge on any atom is 0.222 e. The van der Waals surface area contributed by atoms with Crippen molar-refractivity contribution >= 4 is 28.9 Å². The summed E-state index contributed by atoms with van der Waals surface area (Å²) in [5.41, 5.74) is 7.66. The molecule has 0 radical (unpaired) electrons. The number of hydrogen-bond acceptors (Lipinski definition) is 3. The third-order valence-corrected chi connectivity index (χ3v) is 3.50. The van der Waals surface area contributed by atoms with Gasteiger partial charge in [-0.3, -0.25) is 4.79 Å². The number of amides is 1. The highest BCUT2D eigenvalue weighted by molar-refractivity contribution is 6.31. The molecule has 4 nitrogen and oxygen atoms in total. The number of nitrogens with two attached hydrogens (primary N) is 1. The van der Waals surface area contributed by atoms with Crippen LogP contribution in [-0.4, -0.2) is 37.0 Å². The molecule has 18 heavy (non-hydrogen) atoms. The van der Waals surface area contributed by atoms with Gasteiger partial charge in [0.15, 0.2) is 0 Å². The van der Waals surface area contributed by atoms with E-state index in [9.17, 15) is 4.79 Å². The first-order valence-corrected chi connectivity index (χ1v) is 6.57. The van der Waals surface area contributed by atoms with Gasteiger partial charge in [0.05, 0.1) is 11.4 Å². The monoisotopic (exact) mass is 267 g/mol. The average Bonchev–Trinajstić information content (AvgIpc) is 2.38. The number of hydrogen-bond donors (Lipinski definition) is 1. The van der Waals surface area contributed by atoms with Crippen LogP contribution in [0.3, 0.4) is 0 Å². The van der Waals surface area contributed by atoms with E-state index in [0.717, 1.165) is 31.9 Å². The molecule has 98 valence electrons. The highest BCUT2D eigenvalue weighted by Gasteiger charge is 2.21. The standard InChI is InChI=1S/C13H18ClN3O/c1-2-13(18)17-7-5-16(6-8-17)12-4-3-10(14)9-11(12)15/h3-4,9H,2,5-8,15H2,1H3. The molecule has 1 saturated heterocycles. The number of benzene rings is 1. The van der Waals surface area contributed by atoms with Gasteiger partial charge in [0.2, 0.25) is 5.91 Å². The van der Waals surface area contributed by atoms with Crippen molar-refractivity contribution < 1.29 is 4.79 Å². The molecule has 1 fully saturated rings. The van der Waals surface area contributed by atoms with Gasteiger partial charge in [0.1, 0.15) is 0 Å². The minimum Gasteiger partial charge on any atom is -0.397 e. The molecule has 0 atom stereocenters. The van der Waals surface area contributed by atoms with Crippen LogP contribution in [0.2, 0.25) is 5.02 Å². The fourth-order valence-corrected chi connectivity index (χ4v) is 2.41. The first-order valence-electron chi connectivity index (χ1n) is 6.19. The number of nitrogen functional groups attached to an aromatic ring is 1. The largest absolute Gasteiger partial charge is 0.397 e. The second kappa shape index (κ2) is 5.48. The summed E-state index contributed by atoms with van der Waals surface area (Å²) >= 11 is 5.89. The Morgan fingerprint density at radius 1 is 1.33 bits per heavy atom. The summed E-state index contributed by atoms with van der Waals surface area (Å²) in [4.78, 5) is 15.7. The molecule has 0 aromatic heterocycles. The van der Waals surface area contributed by atoms with E-state index in [0.29, 0.717) is 17.1 Å². The summed E-state index contributed by atoms with van der Waals surface area (Å²) in [7, 11) is 0. The summed E-state index contributed by atoms with van der Waals surface area (Å²) in [5.74, 6) is 0.221. The van der Waals surface area contributed by atoms with E-state index >= 15 is 0 Å². The molecule has 2 rings (SSSR count). The smallest absolute Gasteiger partial charge is 0.222 e. The summed E-state index contributed by atoms with van der Waals surface area (Å²) in [6, 6.07) is 5.55. The van der Waals surface area contributed by atoms with Gasteiger partial charge in [-0.25, -0.2) is 0 Å². The van der Waals surface area contributed by atoms with Crippen molar-refractivity contribution in [1.82, 2.24) is 4.90 Å². The van der Waals surface area contributed by atoms with Crippen LogP contribution < -0.4 is 10.6 Å². The molecule has 0 bridgehead atoms. The zero-order chi connectivity index (χ0) is 13.1. The molecule has 0 aliphatic carbocycles. The number of nitrogens with zero attached hydrogens (tertiary/aromatic N) is 2. The van der Waals surface area contributed by atoms with Crippen molar-refractivity contribution in [3.63, 3.8) is 0 Å². The summed E-state index contributed by atoms with van der Waals surface area (Å²) in [5, 5.41) is 0.649. The van der Waals surface area contributed by atoms with E-state index in [4.69, 9.17) is 17.3 Å². The van der Waals surface area contributed by atoms with E-state index in [1.54, 1.807) is 6.07 Å². The maximum absolute atomic E-state index is 11.6. The zero-order valence-corrected chi connectivity index (χ0v) is 11.3. The highest BCUT2D eigenvalue weighted by Crippen LogP contribution is 2.27. The third kappa shape index (κ3) is 2.70. The SMILES string of the molecule is CCC(=O)N1CCN(c2ccc(Cl)cc2N)CC1. The fraction of sp³-hybridized carbons (Fsp3) is 0.462. The Morgan fingerprint density at radius 3 is 2.56 bits per heavy atom. The molecule has 0 spiro atoms. The number of carbonyl (C=O) groups is 1. The lowest BCUT2D eigenvalue weighted by atomic mass is 10.2. The van der Waals surface area contributed by atoms with E-state index in [2.05, 4.69) is 4.90 Å². The van der Waals surface area contributed by atoms with E-state index in [1.807, 2.05) is 24.0 Å². The zero-order valence-electron chi connectivity index (χ0n) is 10.5. The number of halogens is 1. The molecule has 0 unspecified atom stereocenters. The van der Waals surface area contributed by atoms with Crippen molar-refractivity contribution in [3.8, 4) is 0 Å². The summed E-state index contributed by atoms with van der Waals surface area (Å²) in [6.07, 6.45) is 0.573. The van der Waals surface area contributed by atoms with Crippen LogP contribution >= 0.6 is 11.6 Å². The number of carbonyl (C=O) groups excluding carboxylic acids is 1. The lowest BCUT2D eigenvalue weighted by molar-refractivity contribution is -0.131. The van der Waals surface area contributed by atoms with Crippen molar-refractivity contribution in [2.24, 2.45) is 0 Å². The Balaban J connectivity index is 2.03. The molecule has 0 saturated carbocycles. The molecule has 1 aliphatic rings. The molecular weight excluding hydrogens is 250 g/mol. The summed E-state index contributed by atoms with van der Waals surface area (Å²) in [6.45, 7) is 5.05. The van der Waals surface area contributed by atoms with E-state index < -0.39 is 0 Å². The van der Waals surface area contributed by atoms with Gasteiger partial charge >= 0.3 is 0 Å². The highest BCUT2D eigenvalue weighted by atomic mass is 35.5. The van der Waals surface area contributed by atoms with E-state index in [-0.39, 0.29) is 5.91 Å². The van der Waals surface area contributed by atoms with Gasteiger partial charge in [-0.2, -0.15) is 0 Å². The maximum atomic E-state index is 11.6. The average molecular weight is 268 g/mol. The lowest BCUT2D eigenvalue weighted by Crippen LogP contribution is -2.48. The van der Waals surface area contributed by atoms with Gasteiger partial charge in [0.25, 0.3) is 0 Å². The van der Waals surface area contributed by atoms with E-state index in [1.165, 1.54) is 0 Å². The molecule has 1 amide bonds. The van der Waals surface area contributed by atoms with Crippen LogP contribution in [0.4, 0.5) is 11.4 Å². The van der Waals surface area contributed by atoms with Crippen molar-refractivity contribution in [2.45, 2.75) is 13.3 Å². The minimum absolute atomic E-state index is 0.221. The molecule has 1 aromatic rings. The predicted molar refractivity (Wildman–Crippen MR) is 74.9 cm³/mol. The van der Waals surface area contributed by atoms with Crippen molar-refractivity contribution in [2.75, 3.05) is 36.8 Å². The Kier molecular flexibility index (Phi) is 3.97. The number of rotatable bonds is 2. The number of anilines is 2. The Hall–Kier alpha value is -1.42. The van der Waals surface area contributed by atoms with Crippen molar-refractivity contribution in [3.05, 3.63) is 23.2 Å². The van der Waals surface area contributed by atoms with Gasteiger partial charge < -0.3 is 15.5 Å². The second-order valence-corrected chi connectivity index (χ2v) is 4.86. The first-order chi connectivity index (χ1) is 8.61. The van der Waals surface area contributed by atoms with Crippen LogP contribution in [0.15, 0.2) is 18.2 Å². The molecule has 1 aromatic carbocycles. The normalized spacial score (nSPS) is 15.9. The fourth-order valence-electron chi connectivity index (χ4n) is 2.23. The molecule has 2 N–H and O–H groups in total. The van der Waals surface area contributed by atoms with Gasteiger partial charge in [0, 0.05) is 37.6 Å². The first kappa shape index (κ1) is 13.0. The molecule has 1 aliphatic heterocycles. The van der Waals surface area contributed by atoms with Crippen LogP contribution in [0.1, 0.15) is 13.3 Å². The Bertz CT molecular complexity index is 442. The third-order valence-electron chi connectivity index (χ3n) is 3.27. The minimum atomic E-state index is 0.221. The van der Waals surface area contributed by atoms with Gasteiger partial charge in [-0.1, -0.05) is 18.5 Å². The quantitative estimate of drug-likeness (QED) is 0.834. The Labute approximate surface area is 112 Å². The van der Waals surface area contributed by atoms with Crippen LogP contribution in [0.25, 0.3) is 0 Å². The van der Waals surface area contributed by atoms with Crippen LogP contribution in [0, 0.1) is 0 Å². The van der Waals surface area contributed by atoms with Crippen LogP contribution in [-0.2, 0) is 4.79 Å². The molecule has 1 heterocycles. The van der Waals surface area contributed by atoms with Crippen LogP contribution in [0.5, 0.6) is 0 Å². The molecule has 5 heteroatoms. The van der Waals surface area contributed by atoms with Gasteiger partial charge in [-0.15, -0.1) is 0 Å². The topological polar surface area (TPSA) is 49.6 Å². The summed E-state index contributed by atoms with van der Waals surface area (Å²) < 4.78 is 0. The van der Waals surface area contributed by atoms with Gasteiger partial charge in [-0.05, 0) is 18.2 Å². The van der Waals surface area contributed by atoms with Crippen molar-refractivity contribution in [1.29, 1.82) is 0 Å². The Morgan fingerprint density at radius 2 is 2.00 bits per heavy atom. The number of piperazine rings is 1. The molecular formula is C13H18ClN3O. The lowest BCUT2D eigenvalue weighted by Gasteiger charge is -2.36. The predicted octanol–water partition coefficient (Wildman–Crippen LogP) is 1.98.